The van der Waals surface area contributed by atoms with Crippen molar-refractivity contribution in [3.63, 3.8) is 0 Å². The number of hydrogen-bond donors (Lipinski definition) is 0. The van der Waals surface area contributed by atoms with Gasteiger partial charge in [0.05, 0.1) is 13.7 Å². The van der Waals surface area contributed by atoms with Crippen LogP contribution in [0.15, 0.2) is 60.7 Å². The number of hydrogen-bond acceptors (Lipinski definition) is 5. The molecule has 0 aliphatic heterocycles. The lowest BCUT2D eigenvalue weighted by Crippen LogP contribution is -2.06. The number of aryl methyl sites for hydroxylation is 3. The summed E-state index contributed by atoms with van der Waals surface area (Å²) in [6, 6.07) is 20.5. The molecule has 0 aliphatic carbocycles. The molecule has 0 saturated carbocycles. The minimum atomic E-state index is -0.200. The van der Waals surface area contributed by atoms with E-state index in [2.05, 4.69) is 50.2 Å². The second kappa shape index (κ2) is 12.8. The molecule has 0 fully saturated rings. The summed E-state index contributed by atoms with van der Waals surface area (Å²) in [6.07, 6.45) is 1.03. The smallest absolute Gasteiger partial charge is 0.305 e. The summed E-state index contributed by atoms with van der Waals surface area (Å²) in [4.78, 5) is 11.3. The van der Waals surface area contributed by atoms with Crippen LogP contribution in [-0.2, 0) is 27.3 Å². The van der Waals surface area contributed by atoms with E-state index >= 15 is 0 Å². The summed E-state index contributed by atoms with van der Waals surface area (Å²) in [6.45, 7) is 8.52. The maximum absolute atomic E-state index is 11.3. The van der Waals surface area contributed by atoms with Gasteiger partial charge in [0.2, 0.25) is 0 Å². The lowest BCUT2D eigenvalue weighted by atomic mass is 9.94. The van der Waals surface area contributed by atoms with Crippen LogP contribution in [0.1, 0.15) is 35.6 Å². The van der Waals surface area contributed by atoms with Crippen molar-refractivity contribution >= 4 is 5.97 Å². The fourth-order valence-corrected chi connectivity index (χ4v) is 3.91. The number of ether oxygens (including phenoxy) is 4. The largest absolute Gasteiger partial charge is 0.491 e. The van der Waals surface area contributed by atoms with Crippen molar-refractivity contribution in [2.24, 2.45) is 0 Å². The molecule has 0 radical (unpaired) electrons. The minimum absolute atomic E-state index is 0.200. The van der Waals surface area contributed by atoms with Crippen molar-refractivity contribution in [2.75, 3.05) is 26.9 Å². The van der Waals surface area contributed by atoms with Crippen LogP contribution in [0.3, 0.4) is 0 Å². The Kier molecular flexibility index (Phi) is 9.53. The highest BCUT2D eigenvalue weighted by Gasteiger charge is 2.10. The van der Waals surface area contributed by atoms with Crippen LogP contribution in [0.25, 0.3) is 11.1 Å². The second-order valence-corrected chi connectivity index (χ2v) is 8.19. The third-order valence-corrected chi connectivity index (χ3v) is 5.60. The van der Waals surface area contributed by atoms with Crippen molar-refractivity contribution < 1.29 is 23.7 Å². The van der Waals surface area contributed by atoms with E-state index in [-0.39, 0.29) is 5.97 Å². The zero-order valence-electron chi connectivity index (χ0n) is 20.6. The second-order valence-electron chi connectivity index (χ2n) is 8.19. The van der Waals surface area contributed by atoms with E-state index < -0.39 is 0 Å². The predicted octanol–water partition coefficient (Wildman–Crippen LogP) is 6.07. The van der Waals surface area contributed by atoms with Gasteiger partial charge in [0.25, 0.3) is 0 Å². The molecule has 0 amide bonds. The highest BCUT2D eigenvalue weighted by Crippen LogP contribution is 2.31. The molecular formula is C29H34O5. The van der Waals surface area contributed by atoms with E-state index in [0.717, 1.165) is 28.2 Å². The molecule has 0 saturated heterocycles. The molecule has 0 spiro atoms. The van der Waals surface area contributed by atoms with Gasteiger partial charge in [-0.2, -0.15) is 0 Å². The summed E-state index contributed by atoms with van der Waals surface area (Å²) in [5.74, 6) is 1.47. The Balaban J connectivity index is 1.63. The molecule has 0 heterocycles. The quantitative estimate of drug-likeness (QED) is 0.242. The van der Waals surface area contributed by atoms with Crippen LogP contribution in [0.5, 0.6) is 11.5 Å². The first-order valence-corrected chi connectivity index (χ1v) is 11.7. The van der Waals surface area contributed by atoms with E-state index in [1.54, 1.807) is 0 Å². The van der Waals surface area contributed by atoms with Gasteiger partial charge in [0, 0.05) is 13.0 Å². The SMILES string of the molecule is CCOCCOc1cc(C)c(-c2cccc(COc3ccc(CCC(=O)OC)cc3)c2)c(C)c1. The Labute approximate surface area is 202 Å². The van der Waals surface area contributed by atoms with Gasteiger partial charge in [-0.1, -0.05) is 30.3 Å². The number of methoxy groups -OCH3 is 1. The zero-order valence-corrected chi connectivity index (χ0v) is 20.6. The van der Waals surface area contributed by atoms with Crippen molar-refractivity contribution in [3.8, 4) is 22.6 Å². The summed E-state index contributed by atoms with van der Waals surface area (Å²) in [5, 5.41) is 0. The van der Waals surface area contributed by atoms with E-state index in [0.29, 0.717) is 39.3 Å². The zero-order chi connectivity index (χ0) is 24.3. The first kappa shape index (κ1) is 25.3. The Morgan fingerprint density at radius 1 is 0.824 bits per heavy atom. The Bertz CT molecular complexity index is 1050. The number of carbonyl (C=O) groups is 1. The highest BCUT2D eigenvalue weighted by molar-refractivity contribution is 5.72. The average Bonchev–Trinajstić information content (AvgIpc) is 2.84. The van der Waals surface area contributed by atoms with Gasteiger partial charge in [-0.05, 0) is 90.9 Å². The van der Waals surface area contributed by atoms with Gasteiger partial charge >= 0.3 is 5.97 Å². The third kappa shape index (κ3) is 7.35. The summed E-state index contributed by atoms with van der Waals surface area (Å²) >= 11 is 0. The minimum Gasteiger partial charge on any atom is -0.491 e. The molecule has 0 aliphatic rings. The molecule has 0 bridgehead atoms. The maximum Gasteiger partial charge on any atom is 0.305 e. The van der Waals surface area contributed by atoms with E-state index in [1.165, 1.54) is 23.8 Å². The highest BCUT2D eigenvalue weighted by atomic mass is 16.5. The number of carbonyl (C=O) groups excluding carboxylic acids is 1. The van der Waals surface area contributed by atoms with Crippen LogP contribution in [0.2, 0.25) is 0 Å². The van der Waals surface area contributed by atoms with Gasteiger partial charge in [-0.3, -0.25) is 4.79 Å². The lowest BCUT2D eigenvalue weighted by molar-refractivity contribution is -0.140. The van der Waals surface area contributed by atoms with Crippen molar-refractivity contribution in [2.45, 2.75) is 40.2 Å². The van der Waals surface area contributed by atoms with Crippen molar-refractivity contribution in [3.05, 3.63) is 82.9 Å². The van der Waals surface area contributed by atoms with Crippen molar-refractivity contribution in [1.29, 1.82) is 0 Å². The summed E-state index contributed by atoms with van der Waals surface area (Å²) < 4.78 is 21.9. The predicted molar refractivity (Wildman–Crippen MR) is 134 cm³/mol. The van der Waals surface area contributed by atoms with Gasteiger partial charge in [-0.25, -0.2) is 0 Å². The molecule has 3 rings (SSSR count). The molecule has 5 heteroatoms. The number of benzene rings is 3. The molecule has 0 aromatic heterocycles. The molecule has 0 unspecified atom stereocenters. The van der Waals surface area contributed by atoms with Gasteiger partial charge in [0.15, 0.2) is 0 Å². The first-order valence-electron chi connectivity index (χ1n) is 11.7. The molecule has 5 nitrogen and oxygen atoms in total. The summed E-state index contributed by atoms with van der Waals surface area (Å²) in [5.41, 5.74) is 6.90. The standard InChI is InChI=1S/C29H34O5/c1-5-32-15-16-33-27-17-21(2)29(22(3)18-27)25-8-6-7-24(19-25)20-34-26-12-9-23(10-13-26)11-14-28(30)31-4/h6-10,12-13,17-19H,5,11,14-16,20H2,1-4H3. The molecule has 180 valence electrons. The normalized spacial score (nSPS) is 10.7. The van der Waals surface area contributed by atoms with Crippen LogP contribution in [-0.4, -0.2) is 32.9 Å². The van der Waals surface area contributed by atoms with E-state index in [9.17, 15) is 4.79 Å². The van der Waals surface area contributed by atoms with Crippen molar-refractivity contribution in [1.82, 2.24) is 0 Å². The third-order valence-electron chi connectivity index (χ3n) is 5.60. The molecule has 0 N–H and O–H groups in total. The Morgan fingerprint density at radius 3 is 2.24 bits per heavy atom. The van der Waals surface area contributed by atoms with Crippen LogP contribution >= 0.6 is 0 Å². The number of esters is 1. The van der Waals surface area contributed by atoms with Gasteiger partial charge in [0.1, 0.15) is 24.7 Å². The van der Waals surface area contributed by atoms with Gasteiger partial charge in [-0.15, -0.1) is 0 Å². The Morgan fingerprint density at radius 2 is 1.56 bits per heavy atom. The van der Waals surface area contributed by atoms with Crippen LogP contribution in [0, 0.1) is 13.8 Å². The maximum atomic E-state index is 11.3. The average molecular weight is 463 g/mol. The molecule has 0 atom stereocenters. The van der Waals surface area contributed by atoms with E-state index in [1.807, 2.05) is 31.2 Å². The lowest BCUT2D eigenvalue weighted by Gasteiger charge is -2.15. The van der Waals surface area contributed by atoms with Gasteiger partial charge < -0.3 is 18.9 Å². The molecular weight excluding hydrogens is 428 g/mol. The number of rotatable bonds is 12. The molecule has 3 aromatic rings. The fourth-order valence-electron chi connectivity index (χ4n) is 3.91. The summed E-state index contributed by atoms with van der Waals surface area (Å²) in [7, 11) is 1.41. The van der Waals surface area contributed by atoms with Crippen LogP contribution < -0.4 is 9.47 Å². The monoisotopic (exact) mass is 462 g/mol. The first-order chi connectivity index (χ1) is 16.5. The van der Waals surface area contributed by atoms with E-state index in [4.69, 9.17) is 18.9 Å². The Hall–Kier alpha value is -3.31. The van der Waals surface area contributed by atoms with Crippen LogP contribution in [0.4, 0.5) is 0 Å². The topological polar surface area (TPSA) is 54.0 Å². The fraction of sp³-hybridized carbons (Fsp3) is 0.345. The molecule has 3 aromatic carbocycles. The molecule has 34 heavy (non-hydrogen) atoms.